The average Bonchev–Trinajstić information content (AvgIpc) is 2.33. The highest BCUT2D eigenvalue weighted by molar-refractivity contribution is 7.99. The predicted molar refractivity (Wildman–Crippen MR) is 59.5 cm³/mol. The number of aromatic carboxylic acids is 1. The molecule has 0 fully saturated rings. The Morgan fingerprint density at radius 1 is 1.33 bits per heavy atom. The lowest BCUT2D eigenvalue weighted by Crippen LogP contribution is -2.01. The Hall–Kier alpha value is -2.02. The van der Waals surface area contributed by atoms with Crippen LogP contribution in [0.5, 0.6) is 0 Å². The zero-order chi connectivity index (χ0) is 13.1. The third kappa shape index (κ3) is 2.62. The van der Waals surface area contributed by atoms with E-state index in [1.165, 1.54) is 6.07 Å². The largest absolute Gasteiger partial charge is 0.478 e. The molecule has 7 heteroatoms. The van der Waals surface area contributed by atoms with Gasteiger partial charge in [0.25, 0.3) is 0 Å². The van der Waals surface area contributed by atoms with E-state index >= 15 is 0 Å². The molecule has 1 heterocycles. The molecule has 0 aliphatic heterocycles. The highest BCUT2D eigenvalue weighted by Gasteiger charge is 2.14. The Balaban J connectivity index is 2.37. The van der Waals surface area contributed by atoms with Crippen LogP contribution >= 0.6 is 11.8 Å². The number of carboxylic acids is 1. The predicted octanol–water partition coefficient (Wildman–Crippen LogP) is 2.60. The number of rotatable bonds is 3. The van der Waals surface area contributed by atoms with Gasteiger partial charge in [0.1, 0.15) is 28.6 Å². The van der Waals surface area contributed by atoms with Crippen LogP contribution in [0.15, 0.2) is 40.6 Å². The summed E-state index contributed by atoms with van der Waals surface area (Å²) in [6.07, 6.45) is 2.29. The number of hydrogen-bond acceptors (Lipinski definition) is 4. The van der Waals surface area contributed by atoms with E-state index in [0.29, 0.717) is 0 Å². The molecule has 0 saturated heterocycles. The molecule has 0 amide bonds. The van der Waals surface area contributed by atoms with Crippen molar-refractivity contribution in [2.45, 2.75) is 9.92 Å². The third-order valence-electron chi connectivity index (χ3n) is 2.01. The first-order valence-electron chi connectivity index (χ1n) is 4.74. The second kappa shape index (κ2) is 5.09. The number of nitrogens with zero attached hydrogens (tertiary/aromatic N) is 2. The van der Waals surface area contributed by atoms with Gasteiger partial charge in [0, 0.05) is 17.2 Å². The van der Waals surface area contributed by atoms with E-state index in [2.05, 4.69) is 9.97 Å². The van der Waals surface area contributed by atoms with Crippen molar-refractivity contribution >= 4 is 17.7 Å². The molecular formula is C11H6F2N2O2S. The van der Waals surface area contributed by atoms with Crippen molar-refractivity contribution in [1.29, 1.82) is 0 Å². The van der Waals surface area contributed by atoms with E-state index in [0.717, 1.165) is 36.4 Å². The zero-order valence-corrected chi connectivity index (χ0v) is 9.62. The number of halogens is 2. The van der Waals surface area contributed by atoms with Gasteiger partial charge >= 0.3 is 5.97 Å². The molecule has 0 atom stereocenters. The molecule has 0 radical (unpaired) electrons. The highest BCUT2D eigenvalue weighted by atomic mass is 32.2. The molecule has 0 aliphatic rings. The van der Waals surface area contributed by atoms with Crippen molar-refractivity contribution in [3.8, 4) is 0 Å². The summed E-state index contributed by atoms with van der Waals surface area (Å²) in [5.41, 5.74) is -0.133. The first-order chi connectivity index (χ1) is 8.58. The van der Waals surface area contributed by atoms with Crippen LogP contribution in [0.4, 0.5) is 8.78 Å². The molecule has 2 aromatic rings. The normalized spacial score (nSPS) is 10.3. The number of carboxylic acid groups (broad SMARTS) is 1. The SMILES string of the molecule is O=C(O)c1cncnc1Sc1ccc(F)cc1F. The van der Waals surface area contributed by atoms with Crippen LogP contribution in [0.1, 0.15) is 10.4 Å². The van der Waals surface area contributed by atoms with Gasteiger partial charge in [-0.2, -0.15) is 0 Å². The summed E-state index contributed by atoms with van der Waals surface area (Å²) in [6.45, 7) is 0. The van der Waals surface area contributed by atoms with E-state index in [1.54, 1.807) is 0 Å². The number of carbonyl (C=O) groups is 1. The van der Waals surface area contributed by atoms with Crippen molar-refractivity contribution in [2.24, 2.45) is 0 Å². The Bertz CT molecular complexity index is 607. The van der Waals surface area contributed by atoms with Crippen molar-refractivity contribution in [2.75, 3.05) is 0 Å². The van der Waals surface area contributed by atoms with E-state index in [4.69, 9.17) is 5.11 Å². The van der Waals surface area contributed by atoms with E-state index in [9.17, 15) is 13.6 Å². The summed E-state index contributed by atoms with van der Waals surface area (Å²) in [6, 6.07) is 3.04. The third-order valence-corrected chi connectivity index (χ3v) is 3.08. The molecule has 1 aromatic heterocycles. The fourth-order valence-corrected chi connectivity index (χ4v) is 2.06. The first kappa shape index (κ1) is 12.4. The second-order valence-corrected chi connectivity index (χ2v) is 4.25. The average molecular weight is 268 g/mol. The molecule has 0 bridgehead atoms. The van der Waals surface area contributed by atoms with E-state index in [1.807, 2.05) is 0 Å². The molecule has 1 aromatic carbocycles. The highest BCUT2D eigenvalue weighted by Crippen LogP contribution is 2.30. The lowest BCUT2D eigenvalue weighted by molar-refractivity contribution is 0.0691. The monoisotopic (exact) mass is 268 g/mol. The first-order valence-corrected chi connectivity index (χ1v) is 5.56. The molecule has 92 valence electrons. The van der Waals surface area contributed by atoms with Gasteiger partial charge in [0.05, 0.1) is 0 Å². The van der Waals surface area contributed by atoms with Gasteiger partial charge in [-0.25, -0.2) is 23.5 Å². The van der Waals surface area contributed by atoms with Crippen molar-refractivity contribution in [3.05, 3.63) is 47.9 Å². The Morgan fingerprint density at radius 2 is 2.11 bits per heavy atom. The Kier molecular flexibility index (Phi) is 3.52. The molecule has 2 rings (SSSR count). The number of hydrogen-bond donors (Lipinski definition) is 1. The smallest absolute Gasteiger partial charge is 0.340 e. The minimum Gasteiger partial charge on any atom is -0.478 e. The van der Waals surface area contributed by atoms with E-state index in [-0.39, 0.29) is 15.5 Å². The molecule has 0 aliphatic carbocycles. The minimum atomic E-state index is -1.21. The quantitative estimate of drug-likeness (QED) is 0.867. The maximum absolute atomic E-state index is 13.4. The second-order valence-electron chi connectivity index (χ2n) is 3.22. The van der Waals surface area contributed by atoms with Gasteiger partial charge in [-0.1, -0.05) is 11.8 Å². The van der Waals surface area contributed by atoms with Crippen LogP contribution in [0.2, 0.25) is 0 Å². The number of aromatic nitrogens is 2. The zero-order valence-electron chi connectivity index (χ0n) is 8.80. The van der Waals surface area contributed by atoms with Crippen LogP contribution in [0.25, 0.3) is 0 Å². The fraction of sp³-hybridized carbons (Fsp3) is 0. The van der Waals surface area contributed by atoms with Crippen LogP contribution in [-0.2, 0) is 0 Å². The molecule has 0 unspecified atom stereocenters. The van der Waals surface area contributed by atoms with Crippen LogP contribution in [-0.4, -0.2) is 21.0 Å². The fourth-order valence-electron chi connectivity index (χ4n) is 1.21. The Labute approximate surface area is 105 Å². The maximum atomic E-state index is 13.4. The van der Waals surface area contributed by atoms with Crippen molar-refractivity contribution in [3.63, 3.8) is 0 Å². The van der Waals surface area contributed by atoms with Gasteiger partial charge < -0.3 is 5.11 Å². The van der Waals surface area contributed by atoms with Crippen LogP contribution in [0.3, 0.4) is 0 Å². The lowest BCUT2D eigenvalue weighted by atomic mass is 10.3. The minimum absolute atomic E-state index is 0.0950. The molecule has 1 N–H and O–H groups in total. The summed E-state index contributed by atoms with van der Waals surface area (Å²) in [5.74, 6) is -2.67. The molecular weight excluding hydrogens is 262 g/mol. The molecule has 0 spiro atoms. The lowest BCUT2D eigenvalue weighted by Gasteiger charge is -2.04. The molecule has 18 heavy (non-hydrogen) atoms. The summed E-state index contributed by atoms with van der Waals surface area (Å²) in [5, 5.41) is 9.01. The van der Waals surface area contributed by atoms with Gasteiger partial charge in [-0.05, 0) is 12.1 Å². The van der Waals surface area contributed by atoms with Crippen LogP contribution in [0, 0.1) is 11.6 Å². The topological polar surface area (TPSA) is 63.1 Å². The maximum Gasteiger partial charge on any atom is 0.340 e. The van der Waals surface area contributed by atoms with Crippen molar-refractivity contribution in [1.82, 2.24) is 9.97 Å². The molecule has 0 saturated carbocycles. The van der Waals surface area contributed by atoms with Gasteiger partial charge in [0.15, 0.2) is 0 Å². The van der Waals surface area contributed by atoms with Crippen molar-refractivity contribution < 1.29 is 18.7 Å². The number of benzene rings is 1. The Morgan fingerprint density at radius 3 is 2.78 bits per heavy atom. The van der Waals surface area contributed by atoms with Gasteiger partial charge in [-0.15, -0.1) is 0 Å². The van der Waals surface area contributed by atoms with Gasteiger partial charge in [-0.3, -0.25) is 0 Å². The summed E-state index contributed by atoms with van der Waals surface area (Å²) < 4.78 is 26.1. The van der Waals surface area contributed by atoms with Crippen LogP contribution < -0.4 is 0 Å². The van der Waals surface area contributed by atoms with Gasteiger partial charge in [0.2, 0.25) is 0 Å². The summed E-state index contributed by atoms with van der Waals surface area (Å²) in [4.78, 5) is 18.4. The van der Waals surface area contributed by atoms with E-state index < -0.39 is 17.6 Å². The molecule has 4 nitrogen and oxygen atoms in total. The summed E-state index contributed by atoms with van der Waals surface area (Å²) in [7, 11) is 0. The summed E-state index contributed by atoms with van der Waals surface area (Å²) >= 11 is 0.804. The standard InChI is InChI=1S/C11H6F2N2O2S/c12-6-1-2-9(8(13)3-6)18-10-7(11(16)17)4-14-5-15-10/h1-5H,(H,16,17).